The van der Waals surface area contributed by atoms with E-state index < -0.39 is 0 Å². The molecule has 1 aromatic rings. The number of fused-ring (bicyclic) bond motifs is 5. The van der Waals surface area contributed by atoms with Gasteiger partial charge in [-0.1, -0.05) is 39.0 Å². The molecular formula is C23H35N3. The summed E-state index contributed by atoms with van der Waals surface area (Å²) >= 11 is 0. The zero-order chi connectivity index (χ0) is 17.2. The van der Waals surface area contributed by atoms with Gasteiger partial charge in [0.05, 0.1) is 6.33 Å². The predicted molar refractivity (Wildman–Crippen MR) is 108 cm³/mol. The van der Waals surface area contributed by atoms with E-state index in [1.807, 2.05) is 12.5 Å². The SMILES string of the molecule is C.CC12CC[C@@H](N)CC1=CCC1C2CCC2(C)C(n3ccnc3)=CCC12. The minimum Gasteiger partial charge on any atom is -0.327 e. The average molecular weight is 354 g/mol. The van der Waals surface area contributed by atoms with Crippen LogP contribution >= 0.6 is 0 Å². The van der Waals surface area contributed by atoms with Gasteiger partial charge in [0, 0.05) is 29.5 Å². The Labute approximate surface area is 158 Å². The molecule has 5 unspecified atom stereocenters. The summed E-state index contributed by atoms with van der Waals surface area (Å²) in [4.78, 5) is 4.29. The Morgan fingerprint density at radius 3 is 2.65 bits per heavy atom. The molecule has 0 radical (unpaired) electrons. The highest BCUT2D eigenvalue weighted by Gasteiger charge is 2.56. The zero-order valence-electron chi connectivity index (χ0n) is 15.6. The van der Waals surface area contributed by atoms with Crippen LogP contribution < -0.4 is 5.73 Å². The molecule has 0 spiro atoms. The molecule has 0 aromatic carbocycles. The van der Waals surface area contributed by atoms with Crippen molar-refractivity contribution in [2.24, 2.45) is 34.3 Å². The molecule has 3 heteroatoms. The molecule has 4 aliphatic carbocycles. The number of allylic oxidation sites excluding steroid dienone is 3. The quantitative estimate of drug-likeness (QED) is 0.700. The third-order valence-electron chi connectivity index (χ3n) is 8.46. The fourth-order valence-corrected chi connectivity index (χ4v) is 7.04. The van der Waals surface area contributed by atoms with Crippen molar-refractivity contribution in [1.29, 1.82) is 0 Å². The number of hydrogen-bond donors (Lipinski definition) is 1. The van der Waals surface area contributed by atoms with Gasteiger partial charge >= 0.3 is 0 Å². The van der Waals surface area contributed by atoms with Crippen LogP contribution in [0.2, 0.25) is 0 Å². The van der Waals surface area contributed by atoms with Crippen molar-refractivity contribution >= 4 is 5.70 Å². The molecule has 6 atom stereocenters. The van der Waals surface area contributed by atoms with Crippen molar-refractivity contribution < 1.29 is 0 Å². The van der Waals surface area contributed by atoms with Crippen molar-refractivity contribution in [3.63, 3.8) is 0 Å². The monoisotopic (exact) mass is 353 g/mol. The molecule has 0 amide bonds. The van der Waals surface area contributed by atoms with Crippen LogP contribution in [-0.4, -0.2) is 15.6 Å². The molecule has 142 valence electrons. The fourth-order valence-electron chi connectivity index (χ4n) is 7.04. The molecule has 4 aliphatic rings. The summed E-state index contributed by atoms with van der Waals surface area (Å²) in [5.41, 5.74) is 10.2. The lowest BCUT2D eigenvalue weighted by molar-refractivity contribution is -0.0127. The first-order valence-electron chi connectivity index (χ1n) is 10.2. The van der Waals surface area contributed by atoms with Gasteiger partial charge in [0.2, 0.25) is 0 Å². The number of hydrogen-bond acceptors (Lipinski definition) is 2. The van der Waals surface area contributed by atoms with Gasteiger partial charge in [0.15, 0.2) is 0 Å². The second-order valence-corrected chi connectivity index (χ2v) is 9.51. The second kappa shape index (κ2) is 6.09. The van der Waals surface area contributed by atoms with Crippen molar-refractivity contribution in [2.75, 3.05) is 0 Å². The summed E-state index contributed by atoms with van der Waals surface area (Å²) in [5.74, 6) is 2.47. The third kappa shape index (κ3) is 2.32. The molecule has 1 aromatic heterocycles. The molecule has 2 N–H and O–H groups in total. The lowest BCUT2D eigenvalue weighted by Crippen LogP contribution is -2.50. The average Bonchev–Trinajstić information content (AvgIpc) is 3.22. The molecule has 0 bridgehead atoms. The van der Waals surface area contributed by atoms with Crippen LogP contribution in [0.1, 0.15) is 66.2 Å². The van der Waals surface area contributed by atoms with Gasteiger partial charge in [0.25, 0.3) is 0 Å². The van der Waals surface area contributed by atoms with Crippen LogP contribution in [0, 0.1) is 28.6 Å². The van der Waals surface area contributed by atoms with Crippen molar-refractivity contribution in [3.05, 3.63) is 36.4 Å². The number of aromatic nitrogens is 2. The second-order valence-electron chi connectivity index (χ2n) is 9.51. The standard InChI is InChI=1S/C22H31N3.CH4/c1-21-9-7-16(23)13-15(21)3-4-17-18-5-6-20(25-12-11-24-14-25)22(18,2)10-8-19(17)21;/h3,6,11-12,14,16-19H,4-5,7-10,13,23H2,1-2H3;1H4/t16-,17?,18?,19?,21?,22?;/m1./s1. The van der Waals surface area contributed by atoms with E-state index in [-0.39, 0.29) is 7.43 Å². The number of nitrogens with two attached hydrogens (primary N) is 1. The van der Waals surface area contributed by atoms with E-state index in [0.717, 1.165) is 24.2 Å². The molecule has 5 rings (SSSR count). The van der Waals surface area contributed by atoms with Gasteiger partial charge in [-0.25, -0.2) is 4.98 Å². The molecular weight excluding hydrogens is 318 g/mol. The molecule has 26 heavy (non-hydrogen) atoms. The van der Waals surface area contributed by atoms with Crippen LogP contribution in [0.15, 0.2) is 36.4 Å². The first-order chi connectivity index (χ1) is 12.0. The maximum Gasteiger partial charge on any atom is 0.0989 e. The Hall–Kier alpha value is -1.35. The predicted octanol–water partition coefficient (Wildman–Crippen LogP) is 5.26. The van der Waals surface area contributed by atoms with Gasteiger partial charge < -0.3 is 10.3 Å². The van der Waals surface area contributed by atoms with E-state index in [9.17, 15) is 0 Å². The minimum atomic E-state index is 0. The number of imidazole rings is 1. The van der Waals surface area contributed by atoms with Gasteiger partial charge in [-0.3, -0.25) is 0 Å². The van der Waals surface area contributed by atoms with Crippen molar-refractivity contribution in [2.45, 2.75) is 72.3 Å². The summed E-state index contributed by atoms with van der Waals surface area (Å²) in [6.45, 7) is 5.08. The van der Waals surface area contributed by atoms with E-state index in [1.54, 1.807) is 5.57 Å². The maximum absolute atomic E-state index is 6.29. The van der Waals surface area contributed by atoms with Gasteiger partial charge in [-0.05, 0) is 68.1 Å². The normalized spacial score (nSPS) is 44.1. The van der Waals surface area contributed by atoms with Gasteiger partial charge in [-0.15, -0.1) is 0 Å². The van der Waals surface area contributed by atoms with E-state index in [2.05, 4.69) is 41.7 Å². The third-order valence-corrected chi connectivity index (χ3v) is 8.46. The summed E-state index contributed by atoms with van der Waals surface area (Å²) in [7, 11) is 0. The summed E-state index contributed by atoms with van der Waals surface area (Å²) < 4.78 is 2.27. The van der Waals surface area contributed by atoms with E-state index in [0.29, 0.717) is 16.9 Å². The Kier molecular flexibility index (Phi) is 4.22. The van der Waals surface area contributed by atoms with Crippen LogP contribution in [0.25, 0.3) is 5.70 Å². The lowest BCUT2D eigenvalue weighted by Gasteiger charge is -2.57. The zero-order valence-corrected chi connectivity index (χ0v) is 15.6. The highest BCUT2D eigenvalue weighted by molar-refractivity contribution is 5.57. The number of nitrogens with zero attached hydrogens (tertiary/aromatic N) is 2. The van der Waals surface area contributed by atoms with Crippen LogP contribution in [0.5, 0.6) is 0 Å². The molecule has 0 aliphatic heterocycles. The Balaban J connectivity index is 0.00000168. The summed E-state index contributed by atoms with van der Waals surface area (Å²) in [6, 6.07) is 0.394. The highest BCUT2D eigenvalue weighted by Crippen LogP contribution is 2.65. The first kappa shape index (κ1) is 18.0. The fraction of sp³-hybridized carbons (Fsp3) is 0.696. The Morgan fingerprint density at radius 2 is 1.88 bits per heavy atom. The number of rotatable bonds is 1. The molecule has 2 fully saturated rings. The Bertz CT molecular complexity index is 731. The molecule has 3 nitrogen and oxygen atoms in total. The van der Waals surface area contributed by atoms with Gasteiger partial charge in [0.1, 0.15) is 0 Å². The Morgan fingerprint density at radius 1 is 1.08 bits per heavy atom. The summed E-state index contributed by atoms with van der Waals surface area (Å²) in [5, 5.41) is 0. The smallest absolute Gasteiger partial charge is 0.0989 e. The van der Waals surface area contributed by atoms with E-state index in [1.165, 1.54) is 44.2 Å². The minimum absolute atomic E-state index is 0. The lowest BCUT2D eigenvalue weighted by atomic mass is 9.47. The topological polar surface area (TPSA) is 43.8 Å². The molecule has 2 saturated carbocycles. The van der Waals surface area contributed by atoms with Gasteiger partial charge in [-0.2, -0.15) is 0 Å². The summed E-state index contributed by atoms with van der Waals surface area (Å²) in [6.07, 6.45) is 20.0. The van der Waals surface area contributed by atoms with Crippen molar-refractivity contribution in [3.8, 4) is 0 Å². The molecule has 1 heterocycles. The van der Waals surface area contributed by atoms with Crippen LogP contribution in [0.3, 0.4) is 0 Å². The van der Waals surface area contributed by atoms with Crippen LogP contribution in [0.4, 0.5) is 0 Å². The maximum atomic E-state index is 6.29. The van der Waals surface area contributed by atoms with Crippen molar-refractivity contribution in [1.82, 2.24) is 9.55 Å². The van der Waals surface area contributed by atoms with E-state index >= 15 is 0 Å². The first-order valence-corrected chi connectivity index (χ1v) is 10.2. The van der Waals surface area contributed by atoms with E-state index in [4.69, 9.17) is 5.73 Å². The largest absolute Gasteiger partial charge is 0.327 e. The van der Waals surface area contributed by atoms with Crippen LogP contribution in [-0.2, 0) is 0 Å². The highest BCUT2D eigenvalue weighted by atomic mass is 15.1. The molecule has 0 saturated heterocycles.